The molecular formula is C9H8BrCl2NO3S. The molecule has 0 saturated heterocycles. The van der Waals surface area contributed by atoms with Gasteiger partial charge in [0.15, 0.2) is 0 Å². The minimum atomic E-state index is -3.91. The van der Waals surface area contributed by atoms with E-state index in [0.717, 1.165) is 6.07 Å². The van der Waals surface area contributed by atoms with Gasteiger partial charge < -0.3 is 5.32 Å². The lowest BCUT2D eigenvalue weighted by atomic mass is 10.2. The summed E-state index contributed by atoms with van der Waals surface area (Å²) in [6.45, 7) is 2.15. The van der Waals surface area contributed by atoms with Gasteiger partial charge in [0.25, 0.3) is 15.0 Å². The molecule has 4 nitrogen and oxygen atoms in total. The summed E-state index contributed by atoms with van der Waals surface area (Å²) in [6, 6.07) is 2.38. The number of nitrogens with one attached hydrogen (secondary N) is 1. The Kier molecular flexibility index (Phi) is 4.83. The molecule has 0 fully saturated rings. The molecular weight excluding hydrogens is 353 g/mol. The van der Waals surface area contributed by atoms with Gasteiger partial charge in [0.2, 0.25) is 0 Å². The van der Waals surface area contributed by atoms with Crippen LogP contribution in [0.1, 0.15) is 17.3 Å². The molecule has 1 amide bonds. The molecule has 0 bridgehead atoms. The van der Waals surface area contributed by atoms with Crippen LogP contribution in [0.2, 0.25) is 5.02 Å². The van der Waals surface area contributed by atoms with Gasteiger partial charge in [0.1, 0.15) is 0 Å². The molecule has 1 aromatic carbocycles. The van der Waals surface area contributed by atoms with Crippen LogP contribution >= 0.6 is 38.2 Å². The van der Waals surface area contributed by atoms with Crippen LogP contribution in [0.3, 0.4) is 0 Å². The van der Waals surface area contributed by atoms with E-state index < -0.39 is 15.0 Å². The van der Waals surface area contributed by atoms with E-state index >= 15 is 0 Å². The van der Waals surface area contributed by atoms with Crippen molar-refractivity contribution in [1.29, 1.82) is 0 Å². The maximum absolute atomic E-state index is 11.6. The Balaban J connectivity index is 3.40. The number of halogens is 3. The van der Waals surface area contributed by atoms with E-state index in [2.05, 4.69) is 21.2 Å². The lowest BCUT2D eigenvalue weighted by Crippen LogP contribution is -2.23. The van der Waals surface area contributed by atoms with E-state index in [1.807, 2.05) is 0 Å². The van der Waals surface area contributed by atoms with Gasteiger partial charge in [-0.2, -0.15) is 0 Å². The molecule has 94 valence electrons. The van der Waals surface area contributed by atoms with Crippen LogP contribution in [0, 0.1) is 0 Å². The lowest BCUT2D eigenvalue weighted by Gasteiger charge is -2.08. The monoisotopic (exact) mass is 359 g/mol. The van der Waals surface area contributed by atoms with Gasteiger partial charge in [-0.15, -0.1) is 0 Å². The van der Waals surface area contributed by atoms with Crippen molar-refractivity contribution in [2.45, 2.75) is 11.8 Å². The number of benzene rings is 1. The van der Waals surface area contributed by atoms with Crippen molar-refractivity contribution in [2.24, 2.45) is 0 Å². The zero-order valence-electron chi connectivity index (χ0n) is 8.63. The third-order valence-electron chi connectivity index (χ3n) is 1.87. The topological polar surface area (TPSA) is 63.2 Å². The van der Waals surface area contributed by atoms with Gasteiger partial charge in [0.05, 0.1) is 15.5 Å². The van der Waals surface area contributed by atoms with Crippen LogP contribution in [0.15, 0.2) is 21.5 Å². The number of hydrogen-bond acceptors (Lipinski definition) is 3. The highest BCUT2D eigenvalue weighted by atomic mass is 79.9. The second kappa shape index (κ2) is 5.56. The minimum Gasteiger partial charge on any atom is -0.352 e. The molecule has 0 atom stereocenters. The van der Waals surface area contributed by atoms with Crippen molar-refractivity contribution >= 4 is 53.2 Å². The molecule has 0 saturated carbocycles. The average Bonchev–Trinajstić information content (AvgIpc) is 2.20. The van der Waals surface area contributed by atoms with Crippen LogP contribution in [0.25, 0.3) is 0 Å². The molecule has 8 heteroatoms. The molecule has 0 aliphatic carbocycles. The van der Waals surface area contributed by atoms with E-state index in [0.29, 0.717) is 11.0 Å². The first-order chi connectivity index (χ1) is 7.77. The quantitative estimate of drug-likeness (QED) is 0.843. The van der Waals surface area contributed by atoms with E-state index in [4.69, 9.17) is 22.3 Å². The Morgan fingerprint density at radius 2 is 2.06 bits per heavy atom. The molecule has 0 radical (unpaired) electrons. The molecule has 1 N–H and O–H groups in total. The molecule has 0 aliphatic rings. The predicted octanol–water partition coefficient (Wildman–Crippen LogP) is 2.78. The van der Waals surface area contributed by atoms with Gasteiger partial charge in [-0.25, -0.2) is 8.42 Å². The van der Waals surface area contributed by atoms with E-state index in [1.165, 1.54) is 6.07 Å². The first-order valence-corrected chi connectivity index (χ1v) is 7.97. The number of amides is 1. The molecule has 1 rings (SSSR count). The molecule has 1 aromatic rings. The number of carbonyl (C=O) groups is 1. The Morgan fingerprint density at radius 3 is 2.53 bits per heavy atom. The second-order valence-electron chi connectivity index (χ2n) is 3.06. The van der Waals surface area contributed by atoms with Crippen molar-refractivity contribution in [3.8, 4) is 0 Å². The van der Waals surface area contributed by atoms with E-state index in [-0.39, 0.29) is 15.5 Å². The zero-order chi connectivity index (χ0) is 13.2. The summed E-state index contributed by atoms with van der Waals surface area (Å²) < 4.78 is 22.7. The smallest absolute Gasteiger partial charge is 0.261 e. The highest BCUT2D eigenvalue weighted by Crippen LogP contribution is 2.31. The van der Waals surface area contributed by atoms with E-state index in [1.54, 1.807) is 6.92 Å². The fraction of sp³-hybridized carbons (Fsp3) is 0.222. The maximum Gasteiger partial charge on any atom is 0.261 e. The first-order valence-electron chi connectivity index (χ1n) is 4.49. The second-order valence-corrected chi connectivity index (χ2v) is 6.86. The normalized spacial score (nSPS) is 11.3. The van der Waals surface area contributed by atoms with Crippen molar-refractivity contribution in [1.82, 2.24) is 5.32 Å². The Labute approximate surface area is 117 Å². The Bertz CT molecular complexity index is 560. The number of rotatable bonds is 3. The van der Waals surface area contributed by atoms with Crippen LogP contribution in [-0.4, -0.2) is 20.9 Å². The van der Waals surface area contributed by atoms with Gasteiger partial charge in [-0.05, 0) is 35.0 Å². The third kappa shape index (κ3) is 3.58. The highest BCUT2D eigenvalue weighted by molar-refractivity contribution is 9.10. The maximum atomic E-state index is 11.6. The molecule has 0 spiro atoms. The molecule has 0 heterocycles. The summed E-state index contributed by atoms with van der Waals surface area (Å²) in [5, 5.41) is 2.67. The van der Waals surface area contributed by atoms with Crippen molar-refractivity contribution < 1.29 is 13.2 Å². The SMILES string of the molecule is CCNC(=O)c1cc(S(=O)(=O)Cl)cc(Br)c1Cl. The largest absolute Gasteiger partial charge is 0.352 e. The van der Waals surface area contributed by atoms with Crippen LogP contribution < -0.4 is 5.32 Å². The fourth-order valence-electron chi connectivity index (χ4n) is 1.13. The molecule has 0 unspecified atom stereocenters. The zero-order valence-corrected chi connectivity index (χ0v) is 12.5. The summed E-state index contributed by atoms with van der Waals surface area (Å²) in [5.74, 6) is -0.458. The van der Waals surface area contributed by atoms with Crippen LogP contribution in [-0.2, 0) is 9.05 Å². The minimum absolute atomic E-state index is 0.0575. The summed E-state index contributed by atoms with van der Waals surface area (Å²) in [7, 11) is 1.30. The van der Waals surface area contributed by atoms with E-state index in [9.17, 15) is 13.2 Å². The lowest BCUT2D eigenvalue weighted by molar-refractivity contribution is 0.0955. The van der Waals surface area contributed by atoms with Crippen molar-refractivity contribution in [3.63, 3.8) is 0 Å². The Morgan fingerprint density at radius 1 is 1.47 bits per heavy atom. The summed E-state index contributed by atoms with van der Waals surface area (Å²) in [5.41, 5.74) is 0.0575. The molecule has 0 aliphatic heterocycles. The van der Waals surface area contributed by atoms with Gasteiger partial charge in [0, 0.05) is 21.7 Å². The third-order valence-corrected chi connectivity index (χ3v) is 4.46. The predicted molar refractivity (Wildman–Crippen MR) is 70.2 cm³/mol. The van der Waals surface area contributed by atoms with Gasteiger partial charge >= 0.3 is 0 Å². The average molecular weight is 361 g/mol. The standard InChI is InChI=1S/C9H8BrCl2NO3S/c1-2-13-9(14)6-3-5(17(12,15)16)4-7(10)8(6)11/h3-4H,2H2,1H3,(H,13,14). The number of carbonyl (C=O) groups excluding carboxylic acids is 1. The Hall–Kier alpha value is -0.300. The molecule has 17 heavy (non-hydrogen) atoms. The summed E-state index contributed by atoms with van der Waals surface area (Å²) in [6.07, 6.45) is 0. The van der Waals surface area contributed by atoms with Crippen molar-refractivity contribution in [2.75, 3.05) is 6.54 Å². The molecule has 0 aromatic heterocycles. The first kappa shape index (κ1) is 14.8. The van der Waals surface area contributed by atoms with Crippen LogP contribution in [0.5, 0.6) is 0 Å². The van der Waals surface area contributed by atoms with Gasteiger partial charge in [-0.1, -0.05) is 11.6 Å². The van der Waals surface area contributed by atoms with Crippen molar-refractivity contribution in [3.05, 3.63) is 27.2 Å². The highest BCUT2D eigenvalue weighted by Gasteiger charge is 2.19. The number of hydrogen-bond donors (Lipinski definition) is 1. The summed E-state index contributed by atoms with van der Waals surface area (Å²) in [4.78, 5) is 11.5. The van der Waals surface area contributed by atoms with Gasteiger partial charge in [-0.3, -0.25) is 4.79 Å². The fourth-order valence-corrected chi connectivity index (χ4v) is 2.72. The summed E-state index contributed by atoms with van der Waals surface area (Å²) >= 11 is 8.97. The van der Waals surface area contributed by atoms with Crippen LogP contribution in [0.4, 0.5) is 0 Å².